The van der Waals surface area contributed by atoms with Crippen LogP contribution in [0.15, 0.2) is 36.7 Å². The summed E-state index contributed by atoms with van der Waals surface area (Å²) in [5.74, 6) is -2.13. The molecule has 2 rings (SSSR count). The smallest absolute Gasteiger partial charge is 0.354 e. The predicted octanol–water partition coefficient (Wildman–Crippen LogP) is 1.80. The Bertz CT molecular complexity index is 673. The summed E-state index contributed by atoms with van der Waals surface area (Å²) in [5.41, 5.74) is 0.415. The SMILES string of the molecule is C[C@H](NC(=O)c1cc(C(=O)O)ncn1)c1ccc(F)cc1. The lowest BCUT2D eigenvalue weighted by atomic mass is 10.1. The lowest BCUT2D eigenvalue weighted by molar-refractivity contribution is 0.0690. The Morgan fingerprint density at radius 1 is 1.19 bits per heavy atom. The number of carbonyl (C=O) groups is 2. The summed E-state index contributed by atoms with van der Waals surface area (Å²) in [6.45, 7) is 1.73. The van der Waals surface area contributed by atoms with E-state index >= 15 is 0 Å². The fourth-order valence-electron chi connectivity index (χ4n) is 1.70. The minimum absolute atomic E-state index is 0.0450. The summed E-state index contributed by atoms with van der Waals surface area (Å²) in [4.78, 5) is 30.1. The van der Waals surface area contributed by atoms with Crippen LogP contribution >= 0.6 is 0 Å². The molecule has 0 radical (unpaired) electrons. The van der Waals surface area contributed by atoms with Crippen molar-refractivity contribution in [3.05, 3.63) is 59.4 Å². The molecule has 1 aromatic heterocycles. The predicted molar refractivity (Wildman–Crippen MR) is 71.3 cm³/mol. The van der Waals surface area contributed by atoms with Gasteiger partial charge in [-0.2, -0.15) is 0 Å². The highest BCUT2D eigenvalue weighted by atomic mass is 19.1. The van der Waals surface area contributed by atoms with E-state index in [9.17, 15) is 14.0 Å². The lowest BCUT2D eigenvalue weighted by Gasteiger charge is -2.14. The zero-order valence-electron chi connectivity index (χ0n) is 11.1. The van der Waals surface area contributed by atoms with E-state index in [4.69, 9.17) is 5.11 Å². The van der Waals surface area contributed by atoms with E-state index in [1.54, 1.807) is 19.1 Å². The van der Waals surface area contributed by atoms with E-state index in [1.165, 1.54) is 12.1 Å². The van der Waals surface area contributed by atoms with E-state index in [2.05, 4.69) is 15.3 Å². The number of carboxylic acids is 1. The average Bonchev–Trinajstić information content (AvgIpc) is 2.48. The Morgan fingerprint density at radius 2 is 1.81 bits per heavy atom. The van der Waals surface area contributed by atoms with Crippen LogP contribution in [0.1, 0.15) is 39.5 Å². The fourth-order valence-corrected chi connectivity index (χ4v) is 1.70. The largest absolute Gasteiger partial charge is 0.477 e. The third kappa shape index (κ3) is 3.59. The molecule has 7 heteroatoms. The number of aromatic nitrogens is 2. The van der Waals surface area contributed by atoms with Crippen molar-refractivity contribution in [3.8, 4) is 0 Å². The summed E-state index contributed by atoms with van der Waals surface area (Å²) in [6.07, 6.45) is 1.01. The van der Waals surface area contributed by atoms with Crippen LogP contribution in [0.2, 0.25) is 0 Å². The van der Waals surface area contributed by atoms with Gasteiger partial charge in [-0.25, -0.2) is 19.2 Å². The fraction of sp³-hybridized carbons (Fsp3) is 0.143. The second kappa shape index (κ2) is 6.08. The van der Waals surface area contributed by atoms with Crippen LogP contribution in [0, 0.1) is 5.82 Å². The maximum absolute atomic E-state index is 12.8. The van der Waals surface area contributed by atoms with Gasteiger partial charge in [-0.3, -0.25) is 4.79 Å². The van der Waals surface area contributed by atoms with Gasteiger partial charge >= 0.3 is 5.97 Å². The molecule has 6 nitrogen and oxygen atoms in total. The number of benzene rings is 1. The van der Waals surface area contributed by atoms with E-state index in [0.717, 1.165) is 18.0 Å². The first-order valence-corrected chi connectivity index (χ1v) is 6.09. The van der Waals surface area contributed by atoms with Gasteiger partial charge in [0, 0.05) is 6.07 Å². The van der Waals surface area contributed by atoms with Gasteiger partial charge in [-0.15, -0.1) is 0 Å². The summed E-state index contributed by atoms with van der Waals surface area (Å²) in [5, 5.41) is 11.5. The van der Waals surface area contributed by atoms with Gasteiger partial charge in [0.1, 0.15) is 17.8 Å². The lowest BCUT2D eigenvalue weighted by Crippen LogP contribution is -2.27. The molecule has 0 aliphatic rings. The van der Waals surface area contributed by atoms with Gasteiger partial charge in [0.25, 0.3) is 5.91 Å². The Morgan fingerprint density at radius 3 is 2.43 bits per heavy atom. The van der Waals surface area contributed by atoms with Crippen molar-refractivity contribution in [2.24, 2.45) is 0 Å². The number of carboxylic acid groups (broad SMARTS) is 1. The van der Waals surface area contributed by atoms with Crippen molar-refractivity contribution >= 4 is 11.9 Å². The van der Waals surface area contributed by atoms with Gasteiger partial charge < -0.3 is 10.4 Å². The molecule has 0 aliphatic carbocycles. The molecule has 0 spiro atoms. The van der Waals surface area contributed by atoms with Crippen LogP contribution in [0.4, 0.5) is 4.39 Å². The van der Waals surface area contributed by atoms with Crippen LogP contribution in [0.25, 0.3) is 0 Å². The van der Waals surface area contributed by atoms with Crippen molar-refractivity contribution in [2.75, 3.05) is 0 Å². The summed E-state index contributed by atoms with van der Waals surface area (Å²) in [6, 6.07) is 6.43. The molecule has 108 valence electrons. The number of rotatable bonds is 4. The summed E-state index contributed by atoms with van der Waals surface area (Å²) < 4.78 is 12.8. The van der Waals surface area contributed by atoms with Crippen molar-refractivity contribution in [1.29, 1.82) is 0 Å². The normalized spacial score (nSPS) is 11.7. The molecular weight excluding hydrogens is 277 g/mol. The Hall–Kier alpha value is -2.83. The number of aromatic carboxylic acids is 1. The molecule has 2 N–H and O–H groups in total. The maximum Gasteiger partial charge on any atom is 0.354 e. The Labute approximate surface area is 119 Å². The first-order valence-electron chi connectivity index (χ1n) is 6.09. The third-order valence-electron chi connectivity index (χ3n) is 2.84. The van der Waals surface area contributed by atoms with Crippen molar-refractivity contribution < 1.29 is 19.1 Å². The zero-order valence-corrected chi connectivity index (χ0v) is 11.1. The van der Waals surface area contributed by atoms with E-state index < -0.39 is 11.9 Å². The third-order valence-corrected chi connectivity index (χ3v) is 2.84. The molecule has 21 heavy (non-hydrogen) atoms. The highest BCUT2D eigenvalue weighted by molar-refractivity contribution is 5.95. The summed E-state index contributed by atoms with van der Waals surface area (Å²) in [7, 11) is 0. The van der Waals surface area contributed by atoms with Crippen LogP contribution in [-0.2, 0) is 0 Å². The number of amides is 1. The van der Waals surface area contributed by atoms with Crippen molar-refractivity contribution in [3.63, 3.8) is 0 Å². The van der Waals surface area contributed by atoms with Crippen LogP contribution < -0.4 is 5.32 Å². The van der Waals surface area contributed by atoms with Gasteiger partial charge in [0.2, 0.25) is 0 Å². The maximum atomic E-state index is 12.8. The van der Waals surface area contributed by atoms with E-state index in [0.29, 0.717) is 0 Å². The van der Waals surface area contributed by atoms with Gasteiger partial charge in [-0.1, -0.05) is 12.1 Å². The molecule has 0 unspecified atom stereocenters. The molecule has 0 bridgehead atoms. The molecular formula is C14H12FN3O3. The number of halogens is 1. The first kappa shape index (κ1) is 14.6. The number of nitrogens with zero attached hydrogens (tertiary/aromatic N) is 2. The Balaban J connectivity index is 2.12. The highest BCUT2D eigenvalue weighted by Gasteiger charge is 2.15. The van der Waals surface area contributed by atoms with Crippen LogP contribution in [-0.4, -0.2) is 27.0 Å². The van der Waals surface area contributed by atoms with E-state index in [1.807, 2.05) is 0 Å². The van der Waals surface area contributed by atoms with Gasteiger partial charge in [0.15, 0.2) is 5.69 Å². The molecule has 0 saturated carbocycles. The molecule has 1 heterocycles. The number of hydrogen-bond donors (Lipinski definition) is 2. The second-order valence-electron chi connectivity index (χ2n) is 4.34. The van der Waals surface area contributed by atoms with Crippen molar-refractivity contribution in [1.82, 2.24) is 15.3 Å². The average molecular weight is 289 g/mol. The highest BCUT2D eigenvalue weighted by Crippen LogP contribution is 2.13. The zero-order chi connectivity index (χ0) is 15.4. The van der Waals surface area contributed by atoms with Crippen LogP contribution in [0.5, 0.6) is 0 Å². The monoisotopic (exact) mass is 289 g/mol. The van der Waals surface area contributed by atoms with Crippen molar-refractivity contribution in [2.45, 2.75) is 13.0 Å². The first-order chi connectivity index (χ1) is 9.97. The molecule has 1 amide bonds. The standard InChI is InChI=1S/C14H12FN3O3/c1-8(9-2-4-10(15)5-3-9)18-13(19)11-6-12(14(20)21)17-7-16-11/h2-8H,1H3,(H,18,19)(H,20,21)/t8-/m0/s1. The molecule has 0 fully saturated rings. The summed E-state index contributed by atoms with van der Waals surface area (Å²) >= 11 is 0. The number of nitrogens with one attached hydrogen (secondary N) is 1. The molecule has 1 atom stereocenters. The van der Waals surface area contributed by atoms with Crippen LogP contribution in [0.3, 0.4) is 0 Å². The van der Waals surface area contributed by atoms with E-state index in [-0.39, 0.29) is 23.2 Å². The topological polar surface area (TPSA) is 92.2 Å². The molecule has 1 aromatic carbocycles. The quantitative estimate of drug-likeness (QED) is 0.895. The molecule has 0 aliphatic heterocycles. The molecule has 2 aromatic rings. The van der Waals surface area contributed by atoms with Gasteiger partial charge in [0.05, 0.1) is 6.04 Å². The molecule has 0 saturated heterocycles. The second-order valence-corrected chi connectivity index (χ2v) is 4.34. The number of hydrogen-bond acceptors (Lipinski definition) is 4. The van der Waals surface area contributed by atoms with Gasteiger partial charge in [-0.05, 0) is 24.6 Å². The Kier molecular flexibility index (Phi) is 4.22. The minimum atomic E-state index is -1.24. The minimum Gasteiger partial charge on any atom is -0.477 e. The number of carbonyl (C=O) groups excluding carboxylic acids is 1.